The third-order valence-electron chi connectivity index (χ3n) is 3.98. The van der Waals surface area contributed by atoms with Crippen LogP contribution in [0.2, 0.25) is 0 Å². The van der Waals surface area contributed by atoms with Gasteiger partial charge in [-0.2, -0.15) is 18.4 Å². The molecular formula is C21H20F3N3O. The van der Waals surface area contributed by atoms with Gasteiger partial charge < -0.3 is 10.6 Å². The average molecular weight is 387 g/mol. The van der Waals surface area contributed by atoms with E-state index in [1.165, 1.54) is 12.1 Å². The Morgan fingerprint density at radius 3 is 2.18 bits per heavy atom. The van der Waals surface area contributed by atoms with Crippen molar-refractivity contribution in [3.8, 4) is 6.07 Å². The van der Waals surface area contributed by atoms with Crippen molar-refractivity contribution < 1.29 is 18.0 Å². The van der Waals surface area contributed by atoms with Crippen LogP contribution < -0.4 is 10.6 Å². The van der Waals surface area contributed by atoms with Crippen LogP contribution in [-0.2, 0) is 16.4 Å². The molecule has 0 saturated heterocycles. The van der Waals surface area contributed by atoms with Gasteiger partial charge in [0.1, 0.15) is 11.6 Å². The van der Waals surface area contributed by atoms with Crippen molar-refractivity contribution >= 4 is 17.3 Å². The molecule has 0 aliphatic carbocycles. The Bertz CT molecular complexity index is 918. The van der Waals surface area contributed by atoms with Gasteiger partial charge in [0, 0.05) is 11.9 Å². The summed E-state index contributed by atoms with van der Waals surface area (Å²) < 4.78 is 39.1. The first-order chi connectivity index (χ1) is 13.0. The highest BCUT2D eigenvalue weighted by Gasteiger charge is 2.33. The highest BCUT2D eigenvalue weighted by atomic mass is 19.4. The summed E-state index contributed by atoms with van der Waals surface area (Å²) in [5.41, 5.74) is 0.00463. The predicted molar refractivity (Wildman–Crippen MR) is 103 cm³/mol. The molecule has 2 aromatic rings. The summed E-state index contributed by atoms with van der Waals surface area (Å²) in [6.45, 7) is 6.23. The van der Waals surface area contributed by atoms with Crippen LogP contribution in [0, 0.1) is 11.3 Å². The fourth-order valence-electron chi connectivity index (χ4n) is 2.40. The Morgan fingerprint density at radius 2 is 1.64 bits per heavy atom. The molecule has 1 amide bonds. The zero-order valence-corrected chi connectivity index (χ0v) is 15.7. The molecule has 0 fully saturated rings. The van der Waals surface area contributed by atoms with E-state index in [4.69, 9.17) is 0 Å². The number of hydrogen-bond donors (Lipinski definition) is 2. The Hall–Kier alpha value is -3.27. The molecule has 2 N–H and O–H groups in total. The third kappa shape index (κ3) is 5.36. The number of para-hydroxylation sites is 1. The molecular weight excluding hydrogens is 367 g/mol. The molecule has 0 aliphatic rings. The third-order valence-corrected chi connectivity index (χ3v) is 3.98. The van der Waals surface area contributed by atoms with Crippen molar-refractivity contribution in [1.82, 2.24) is 0 Å². The van der Waals surface area contributed by atoms with Crippen LogP contribution in [0.3, 0.4) is 0 Å². The molecule has 0 spiro atoms. The number of amides is 1. The first kappa shape index (κ1) is 21.0. The topological polar surface area (TPSA) is 64.9 Å². The van der Waals surface area contributed by atoms with E-state index in [9.17, 15) is 23.2 Å². The quantitative estimate of drug-likeness (QED) is 0.541. The molecule has 0 bridgehead atoms. The van der Waals surface area contributed by atoms with Gasteiger partial charge in [0.05, 0.1) is 11.3 Å². The van der Waals surface area contributed by atoms with E-state index in [2.05, 4.69) is 31.4 Å². The SMILES string of the molecule is CC(C)(C)c1ccc(N/C=C(/C#N)C(=O)Nc2ccccc2C(F)(F)F)cc1. The van der Waals surface area contributed by atoms with Gasteiger partial charge in [0.2, 0.25) is 0 Å². The molecule has 0 unspecified atom stereocenters. The molecule has 2 rings (SSSR count). The lowest BCUT2D eigenvalue weighted by atomic mass is 9.87. The maximum Gasteiger partial charge on any atom is 0.418 e. The molecule has 0 heterocycles. The number of hydrogen-bond acceptors (Lipinski definition) is 3. The van der Waals surface area contributed by atoms with E-state index in [-0.39, 0.29) is 11.0 Å². The molecule has 0 aromatic heterocycles. The number of anilines is 2. The minimum atomic E-state index is -4.62. The minimum absolute atomic E-state index is 0.0159. The molecule has 7 heteroatoms. The van der Waals surface area contributed by atoms with Crippen LogP contribution in [0.5, 0.6) is 0 Å². The van der Waals surface area contributed by atoms with Gasteiger partial charge in [-0.3, -0.25) is 4.79 Å². The van der Waals surface area contributed by atoms with E-state index in [0.29, 0.717) is 5.69 Å². The fraction of sp³-hybridized carbons (Fsp3) is 0.238. The maximum absolute atomic E-state index is 13.0. The number of nitrogens with one attached hydrogen (secondary N) is 2. The second-order valence-electron chi connectivity index (χ2n) is 7.14. The summed E-state index contributed by atoms with van der Waals surface area (Å²) in [5, 5.41) is 14.2. The summed E-state index contributed by atoms with van der Waals surface area (Å²) in [7, 11) is 0. The Balaban J connectivity index is 2.15. The first-order valence-corrected chi connectivity index (χ1v) is 8.47. The summed E-state index contributed by atoms with van der Waals surface area (Å²) in [6, 6.07) is 13.7. The van der Waals surface area contributed by atoms with Gasteiger partial charge in [0.15, 0.2) is 0 Å². The highest BCUT2D eigenvalue weighted by Crippen LogP contribution is 2.34. The van der Waals surface area contributed by atoms with Crippen LogP contribution in [-0.4, -0.2) is 5.91 Å². The van der Waals surface area contributed by atoms with E-state index in [1.807, 2.05) is 12.1 Å². The molecule has 28 heavy (non-hydrogen) atoms. The smallest absolute Gasteiger partial charge is 0.360 e. The number of benzene rings is 2. The molecule has 2 aromatic carbocycles. The van der Waals surface area contributed by atoms with E-state index < -0.39 is 23.3 Å². The summed E-state index contributed by atoms with van der Waals surface area (Å²) >= 11 is 0. The number of carbonyl (C=O) groups is 1. The number of halogens is 3. The van der Waals surface area contributed by atoms with Crippen molar-refractivity contribution in [3.63, 3.8) is 0 Å². The van der Waals surface area contributed by atoms with Crippen LogP contribution in [0.15, 0.2) is 60.3 Å². The Morgan fingerprint density at radius 1 is 1.04 bits per heavy atom. The maximum atomic E-state index is 13.0. The van der Waals surface area contributed by atoms with E-state index in [1.54, 1.807) is 18.2 Å². The van der Waals surface area contributed by atoms with Crippen LogP contribution in [0.1, 0.15) is 31.9 Å². The van der Waals surface area contributed by atoms with Crippen molar-refractivity contribution in [1.29, 1.82) is 5.26 Å². The zero-order valence-electron chi connectivity index (χ0n) is 15.7. The van der Waals surface area contributed by atoms with Crippen molar-refractivity contribution in [3.05, 3.63) is 71.4 Å². The fourth-order valence-corrected chi connectivity index (χ4v) is 2.40. The lowest BCUT2D eigenvalue weighted by Crippen LogP contribution is -2.18. The van der Waals surface area contributed by atoms with Gasteiger partial charge in [-0.25, -0.2) is 0 Å². The van der Waals surface area contributed by atoms with Crippen molar-refractivity contribution in [2.24, 2.45) is 0 Å². The lowest BCUT2D eigenvalue weighted by molar-refractivity contribution is -0.137. The van der Waals surface area contributed by atoms with E-state index in [0.717, 1.165) is 23.9 Å². The molecule has 0 saturated carbocycles. The first-order valence-electron chi connectivity index (χ1n) is 8.47. The number of nitriles is 1. The van der Waals surface area contributed by atoms with Crippen LogP contribution in [0.25, 0.3) is 0 Å². The largest absolute Gasteiger partial charge is 0.418 e. The highest BCUT2D eigenvalue weighted by molar-refractivity contribution is 6.07. The van der Waals surface area contributed by atoms with Crippen LogP contribution >= 0.6 is 0 Å². The number of carbonyl (C=O) groups excluding carboxylic acids is 1. The summed E-state index contributed by atoms with van der Waals surface area (Å²) in [6.07, 6.45) is -3.45. The number of alkyl halides is 3. The van der Waals surface area contributed by atoms with Crippen molar-refractivity contribution in [2.45, 2.75) is 32.4 Å². The van der Waals surface area contributed by atoms with Gasteiger partial charge in [-0.1, -0.05) is 45.0 Å². The van der Waals surface area contributed by atoms with Crippen molar-refractivity contribution in [2.75, 3.05) is 10.6 Å². The monoisotopic (exact) mass is 387 g/mol. The average Bonchev–Trinajstić information content (AvgIpc) is 2.61. The molecule has 4 nitrogen and oxygen atoms in total. The van der Waals surface area contributed by atoms with E-state index >= 15 is 0 Å². The number of rotatable bonds is 4. The molecule has 0 radical (unpaired) electrons. The summed E-state index contributed by atoms with van der Waals surface area (Å²) in [5.74, 6) is -0.932. The Labute approximate surface area is 161 Å². The normalized spacial score (nSPS) is 12.2. The predicted octanol–water partition coefficient (Wildman–Crippen LogP) is 5.46. The second kappa shape index (κ2) is 8.17. The number of nitrogens with zero attached hydrogens (tertiary/aromatic N) is 1. The van der Waals surface area contributed by atoms with Gasteiger partial charge in [-0.05, 0) is 35.2 Å². The van der Waals surface area contributed by atoms with Crippen LogP contribution in [0.4, 0.5) is 24.5 Å². The lowest BCUT2D eigenvalue weighted by Gasteiger charge is -2.19. The van der Waals surface area contributed by atoms with Gasteiger partial charge >= 0.3 is 6.18 Å². The Kier molecular flexibility index (Phi) is 6.14. The second-order valence-corrected chi connectivity index (χ2v) is 7.14. The van der Waals surface area contributed by atoms with Gasteiger partial charge in [-0.15, -0.1) is 0 Å². The van der Waals surface area contributed by atoms with Gasteiger partial charge in [0.25, 0.3) is 5.91 Å². The summed E-state index contributed by atoms with van der Waals surface area (Å²) in [4.78, 5) is 12.2. The minimum Gasteiger partial charge on any atom is -0.360 e. The molecule has 0 aliphatic heterocycles. The standard InChI is InChI=1S/C21H20F3N3O/c1-20(2,3)15-8-10-16(11-9-15)26-13-14(12-25)19(28)27-18-7-5-4-6-17(18)21(22,23)24/h4-11,13,26H,1-3H3,(H,27,28)/b14-13-. The molecule has 146 valence electrons. The molecule has 0 atom stereocenters. The zero-order chi connectivity index (χ0) is 20.9.